The standard InChI is InChI=1S/C17H18N2O2S.ClH/c1-12-5-7-13(8-6-12)9-11-21-17(20)15(16(18)22)14-4-2-3-10-19-14;/h2-8,10,15H,9,11H2,1H3,(H2,18,22);1H. The van der Waals surface area contributed by atoms with E-state index in [0.29, 0.717) is 12.1 Å². The highest BCUT2D eigenvalue weighted by Gasteiger charge is 2.26. The van der Waals surface area contributed by atoms with Crippen molar-refractivity contribution in [3.8, 4) is 0 Å². The molecular weight excluding hydrogens is 332 g/mol. The van der Waals surface area contributed by atoms with Crippen LogP contribution in [0.3, 0.4) is 0 Å². The minimum Gasteiger partial charge on any atom is -0.465 e. The molecule has 6 heteroatoms. The molecular formula is C17H19ClN2O2S. The van der Waals surface area contributed by atoms with Gasteiger partial charge < -0.3 is 10.5 Å². The minimum absolute atomic E-state index is 0. The second-order valence-corrected chi connectivity index (χ2v) is 5.46. The molecule has 0 saturated carbocycles. The Balaban J connectivity index is 0.00000264. The van der Waals surface area contributed by atoms with E-state index in [2.05, 4.69) is 4.98 Å². The summed E-state index contributed by atoms with van der Waals surface area (Å²) in [7, 11) is 0. The van der Waals surface area contributed by atoms with Crippen molar-refractivity contribution >= 4 is 35.6 Å². The van der Waals surface area contributed by atoms with Crippen LogP contribution >= 0.6 is 24.6 Å². The largest absolute Gasteiger partial charge is 0.465 e. The van der Waals surface area contributed by atoms with E-state index < -0.39 is 11.9 Å². The lowest BCUT2D eigenvalue weighted by molar-refractivity contribution is -0.143. The average molecular weight is 351 g/mol. The van der Waals surface area contributed by atoms with Gasteiger partial charge in [-0.3, -0.25) is 9.78 Å². The zero-order chi connectivity index (χ0) is 15.9. The molecule has 0 radical (unpaired) electrons. The maximum atomic E-state index is 12.2. The molecule has 0 aliphatic heterocycles. The molecule has 2 rings (SSSR count). The van der Waals surface area contributed by atoms with E-state index in [-0.39, 0.29) is 24.0 Å². The number of hydrogen-bond acceptors (Lipinski definition) is 4. The van der Waals surface area contributed by atoms with Crippen LogP contribution in [0, 0.1) is 6.92 Å². The van der Waals surface area contributed by atoms with Gasteiger partial charge in [0.25, 0.3) is 0 Å². The third-order valence-electron chi connectivity index (χ3n) is 3.26. The Morgan fingerprint density at radius 1 is 1.26 bits per heavy atom. The van der Waals surface area contributed by atoms with Crippen LogP contribution in [-0.2, 0) is 16.0 Å². The van der Waals surface area contributed by atoms with E-state index >= 15 is 0 Å². The first kappa shape index (κ1) is 19.1. The number of aryl methyl sites for hydroxylation is 1. The van der Waals surface area contributed by atoms with Crippen LogP contribution in [0.25, 0.3) is 0 Å². The van der Waals surface area contributed by atoms with Crippen molar-refractivity contribution in [2.45, 2.75) is 19.3 Å². The Labute approximate surface area is 147 Å². The number of ether oxygens (including phenoxy) is 1. The first-order valence-electron chi connectivity index (χ1n) is 7.00. The number of pyridine rings is 1. The van der Waals surface area contributed by atoms with Crippen molar-refractivity contribution in [2.24, 2.45) is 5.73 Å². The Hall–Kier alpha value is -1.98. The maximum absolute atomic E-state index is 12.2. The maximum Gasteiger partial charge on any atom is 0.322 e. The van der Waals surface area contributed by atoms with Gasteiger partial charge in [0.15, 0.2) is 0 Å². The number of esters is 1. The third kappa shape index (κ3) is 5.62. The first-order valence-corrected chi connectivity index (χ1v) is 7.41. The lowest BCUT2D eigenvalue weighted by Gasteiger charge is -2.14. The molecule has 0 amide bonds. The predicted molar refractivity (Wildman–Crippen MR) is 96.9 cm³/mol. The van der Waals surface area contributed by atoms with Crippen LogP contribution in [-0.4, -0.2) is 22.5 Å². The molecule has 122 valence electrons. The van der Waals surface area contributed by atoms with Gasteiger partial charge in [0.2, 0.25) is 0 Å². The number of carbonyl (C=O) groups is 1. The number of hydrogen-bond donors (Lipinski definition) is 1. The molecule has 0 fully saturated rings. The van der Waals surface area contributed by atoms with E-state index in [1.165, 1.54) is 5.56 Å². The summed E-state index contributed by atoms with van der Waals surface area (Å²) in [5.74, 6) is -1.26. The van der Waals surface area contributed by atoms with Crippen LogP contribution < -0.4 is 5.73 Å². The van der Waals surface area contributed by atoms with Gasteiger partial charge in [-0.2, -0.15) is 0 Å². The first-order chi connectivity index (χ1) is 10.6. The number of thiocarbonyl (C=S) groups is 1. The molecule has 23 heavy (non-hydrogen) atoms. The van der Waals surface area contributed by atoms with Crippen molar-refractivity contribution in [3.63, 3.8) is 0 Å². The van der Waals surface area contributed by atoms with Gasteiger partial charge >= 0.3 is 5.97 Å². The summed E-state index contributed by atoms with van der Waals surface area (Å²) < 4.78 is 5.31. The van der Waals surface area contributed by atoms with Crippen LogP contribution in [0.1, 0.15) is 22.7 Å². The number of benzene rings is 1. The summed E-state index contributed by atoms with van der Waals surface area (Å²) in [6.07, 6.45) is 2.25. The second kappa shape index (κ2) is 9.22. The Bertz CT molecular complexity index is 647. The normalized spacial score (nSPS) is 11.2. The monoisotopic (exact) mass is 350 g/mol. The summed E-state index contributed by atoms with van der Waals surface area (Å²) in [5, 5.41) is 0. The number of halogens is 1. The quantitative estimate of drug-likeness (QED) is 0.641. The number of nitrogens with zero attached hydrogens (tertiary/aromatic N) is 1. The van der Waals surface area contributed by atoms with Crippen LogP contribution in [0.4, 0.5) is 0 Å². The van der Waals surface area contributed by atoms with E-state index in [9.17, 15) is 4.79 Å². The smallest absolute Gasteiger partial charge is 0.322 e. The number of carbonyl (C=O) groups excluding carboxylic acids is 1. The highest BCUT2D eigenvalue weighted by atomic mass is 35.5. The molecule has 0 spiro atoms. The van der Waals surface area contributed by atoms with Gasteiger partial charge in [0, 0.05) is 12.6 Å². The van der Waals surface area contributed by atoms with Crippen LogP contribution in [0.5, 0.6) is 0 Å². The van der Waals surface area contributed by atoms with E-state index in [0.717, 1.165) is 5.56 Å². The van der Waals surface area contributed by atoms with Gasteiger partial charge in [-0.05, 0) is 24.6 Å². The third-order valence-corrected chi connectivity index (χ3v) is 3.50. The Morgan fingerprint density at radius 3 is 2.52 bits per heavy atom. The van der Waals surface area contributed by atoms with Gasteiger partial charge in [0.05, 0.1) is 17.3 Å². The molecule has 0 bridgehead atoms. The summed E-state index contributed by atoms with van der Waals surface area (Å²) in [5.41, 5.74) is 8.48. The molecule has 0 aliphatic carbocycles. The Kier molecular flexibility index (Phi) is 7.65. The van der Waals surface area contributed by atoms with Crippen molar-refractivity contribution < 1.29 is 9.53 Å². The fourth-order valence-electron chi connectivity index (χ4n) is 2.04. The summed E-state index contributed by atoms with van der Waals surface area (Å²) in [4.78, 5) is 16.4. The summed E-state index contributed by atoms with van der Waals surface area (Å²) in [6.45, 7) is 2.32. The molecule has 4 nitrogen and oxygen atoms in total. The van der Waals surface area contributed by atoms with E-state index in [1.807, 2.05) is 31.2 Å². The van der Waals surface area contributed by atoms with Crippen LogP contribution in [0.2, 0.25) is 0 Å². The lowest BCUT2D eigenvalue weighted by Crippen LogP contribution is -2.29. The van der Waals surface area contributed by atoms with E-state index in [4.69, 9.17) is 22.7 Å². The average Bonchev–Trinajstić information content (AvgIpc) is 2.50. The molecule has 0 aliphatic rings. The summed E-state index contributed by atoms with van der Waals surface area (Å²) >= 11 is 4.97. The molecule has 1 aromatic heterocycles. The van der Waals surface area contributed by atoms with Crippen LogP contribution in [0.15, 0.2) is 48.7 Å². The van der Waals surface area contributed by atoms with Crippen molar-refractivity contribution in [1.29, 1.82) is 0 Å². The van der Waals surface area contributed by atoms with Crippen molar-refractivity contribution in [3.05, 3.63) is 65.5 Å². The molecule has 1 unspecified atom stereocenters. The van der Waals surface area contributed by atoms with Gasteiger partial charge in [-0.1, -0.05) is 48.1 Å². The topological polar surface area (TPSA) is 65.2 Å². The Morgan fingerprint density at radius 2 is 1.96 bits per heavy atom. The second-order valence-electron chi connectivity index (χ2n) is 4.99. The van der Waals surface area contributed by atoms with Gasteiger partial charge in [-0.15, -0.1) is 12.4 Å². The van der Waals surface area contributed by atoms with E-state index in [1.54, 1.807) is 24.4 Å². The summed E-state index contributed by atoms with van der Waals surface area (Å²) in [6, 6.07) is 13.4. The molecule has 1 heterocycles. The molecule has 0 saturated heterocycles. The zero-order valence-corrected chi connectivity index (χ0v) is 14.4. The number of rotatable bonds is 6. The molecule has 1 atom stereocenters. The molecule has 1 aromatic carbocycles. The van der Waals surface area contributed by atoms with Crippen molar-refractivity contribution in [1.82, 2.24) is 4.98 Å². The fraction of sp³-hybridized carbons (Fsp3) is 0.235. The number of aromatic nitrogens is 1. The zero-order valence-electron chi connectivity index (χ0n) is 12.8. The van der Waals surface area contributed by atoms with Gasteiger partial charge in [-0.25, -0.2) is 0 Å². The minimum atomic E-state index is -0.797. The fourth-order valence-corrected chi connectivity index (χ4v) is 2.25. The highest BCUT2D eigenvalue weighted by molar-refractivity contribution is 7.80. The lowest BCUT2D eigenvalue weighted by atomic mass is 10.1. The van der Waals surface area contributed by atoms with Gasteiger partial charge in [0.1, 0.15) is 5.92 Å². The molecule has 2 aromatic rings. The number of nitrogens with two attached hydrogens (primary N) is 1. The predicted octanol–water partition coefficient (Wildman–Crippen LogP) is 2.97. The highest BCUT2D eigenvalue weighted by Crippen LogP contribution is 2.15. The SMILES string of the molecule is Cc1ccc(CCOC(=O)C(C(N)=S)c2ccccn2)cc1.Cl. The molecule has 2 N–H and O–H groups in total. The van der Waals surface area contributed by atoms with Crippen molar-refractivity contribution in [2.75, 3.05) is 6.61 Å².